The van der Waals surface area contributed by atoms with Crippen molar-refractivity contribution in [3.63, 3.8) is 0 Å². The summed E-state index contributed by atoms with van der Waals surface area (Å²) in [6.07, 6.45) is 0.445. The van der Waals surface area contributed by atoms with Crippen molar-refractivity contribution in [2.75, 3.05) is 32.8 Å². The molecular weight excluding hydrogens is 446 g/mol. The van der Waals surface area contributed by atoms with Crippen LogP contribution in [0.2, 0.25) is 0 Å². The molecule has 0 aromatic heterocycles. The molecule has 9 nitrogen and oxygen atoms in total. The molecule has 0 bridgehead atoms. The fraction of sp³-hybridized carbons (Fsp3) is 0.435. The first-order valence-electron chi connectivity index (χ1n) is 10.8. The highest BCUT2D eigenvalue weighted by molar-refractivity contribution is 7.92. The molecule has 33 heavy (non-hydrogen) atoms. The summed E-state index contributed by atoms with van der Waals surface area (Å²) >= 11 is 0. The Kier molecular flexibility index (Phi) is 8.25. The first-order chi connectivity index (χ1) is 15.8. The molecule has 1 saturated carbocycles. The average Bonchev–Trinajstić information content (AvgIpc) is 3.34. The number of hydrogen-bond donors (Lipinski definition) is 2. The summed E-state index contributed by atoms with van der Waals surface area (Å²) in [6.45, 7) is 2.20. The number of carbonyl (C=O) groups is 2. The van der Waals surface area contributed by atoms with Gasteiger partial charge in [-0.15, -0.1) is 0 Å². The van der Waals surface area contributed by atoms with Crippen LogP contribution in [0, 0.1) is 17.2 Å². The standard InChI is InChI=1S/C20H23NO4S.C3H4N2O2/c22-20(21-10-12-25-13-11-21)16-8-9-17(14-16)26(23,24)19-7-3-5-15-4-1-2-6-18(15)19;4-1-2-5-3(6)7/h1-7,16-17H,8-14H2;5H,2H2,(H,6,7)/t16-,17-;/m1./s1. The molecule has 176 valence electrons. The van der Waals surface area contributed by atoms with Crippen LogP contribution >= 0.6 is 0 Å². The lowest BCUT2D eigenvalue weighted by Gasteiger charge is -2.29. The Hall–Kier alpha value is -3.16. The molecule has 0 unspecified atom stereocenters. The zero-order valence-corrected chi connectivity index (χ0v) is 19.0. The smallest absolute Gasteiger partial charge is 0.405 e. The van der Waals surface area contributed by atoms with Crippen LogP contribution in [0.5, 0.6) is 0 Å². The molecular formula is C23H27N3O6S. The van der Waals surface area contributed by atoms with Gasteiger partial charge in [0, 0.05) is 24.4 Å². The Balaban J connectivity index is 0.000000383. The van der Waals surface area contributed by atoms with Gasteiger partial charge in [0.05, 0.1) is 29.4 Å². The van der Waals surface area contributed by atoms with Crippen LogP contribution in [0.4, 0.5) is 4.79 Å². The van der Waals surface area contributed by atoms with Gasteiger partial charge < -0.3 is 20.1 Å². The molecule has 10 heteroatoms. The second-order valence-corrected chi connectivity index (χ2v) is 10.1. The normalized spacial score (nSPS) is 20.4. The lowest BCUT2D eigenvalue weighted by Crippen LogP contribution is -2.43. The Morgan fingerprint density at radius 3 is 2.48 bits per heavy atom. The summed E-state index contributed by atoms with van der Waals surface area (Å²) in [5, 5.41) is 18.6. The number of carbonyl (C=O) groups excluding carboxylic acids is 1. The number of ether oxygens (including phenoxy) is 1. The van der Waals surface area contributed by atoms with E-state index in [1.807, 2.05) is 40.5 Å². The molecule has 2 aliphatic rings. The fourth-order valence-corrected chi connectivity index (χ4v) is 6.28. The van der Waals surface area contributed by atoms with Gasteiger partial charge in [-0.1, -0.05) is 36.4 Å². The Bertz CT molecular complexity index is 1130. The molecule has 2 atom stereocenters. The third kappa shape index (κ3) is 6.00. The lowest BCUT2D eigenvalue weighted by atomic mass is 10.1. The predicted octanol–water partition coefficient (Wildman–Crippen LogP) is 2.42. The minimum absolute atomic E-state index is 0.0870. The van der Waals surface area contributed by atoms with Crippen LogP contribution in [-0.4, -0.2) is 68.5 Å². The van der Waals surface area contributed by atoms with E-state index in [1.54, 1.807) is 18.2 Å². The molecule has 4 rings (SSSR count). The maximum absolute atomic E-state index is 13.2. The van der Waals surface area contributed by atoms with E-state index in [9.17, 15) is 18.0 Å². The number of amides is 2. The molecule has 2 fully saturated rings. The molecule has 2 N–H and O–H groups in total. The van der Waals surface area contributed by atoms with E-state index in [2.05, 4.69) is 0 Å². The van der Waals surface area contributed by atoms with Crippen molar-refractivity contribution in [2.45, 2.75) is 29.4 Å². The third-order valence-corrected chi connectivity index (χ3v) is 8.15. The first kappa shape index (κ1) is 24.5. The SMILES string of the molecule is N#CCNC(=O)O.O=C([C@@H]1CC[C@@H](S(=O)(=O)c2cccc3ccccc23)C1)N1CCOCC1. The molecule has 2 aromatic rings. The highest BCUT2D eigenvalue weighted by atomic mass is 32.2. The summed E-state index contributed by atoms with van der Waals surface area (Å²) in [6, 6.07) is 14.6. The van der Waals surface area contributed by atoms with E-state index in [0.29, 0.717) is 50.5 Å². The molecule has 1 heterocycles. The monoisotopic (exact) mass is 473 g/mol. The summed E-state index contributed by atoms with van der Waals surface area (Å²) in [4.78, 5) is 24.4. The quantitative estimate of drug-likeness (QED) is 0.651. The zero-order chi connectivity index (χ0) is 23.8. The van der Waals surface area contributed by atoms with Gasteiger partial charge in [0.15, 0.2) is 9.84 Å². The van der Waals surface area contributed by atoms with Crippen LogP contribution in [0.1, 0.15) is 19.3 Å². The Morgan fingerprint density at radius 2 is 1.82 bits per heavy atom. The molecule has 0 spiro atoms. The van der Waals surface area contributed by atoms with E-state index in [0.717, 1.165) is 10.8 Å². The number of hydrogen-bond acceptors (Lipinski definition) is 6. The minimum atomic E-state index is -3.46. The fourth-order valence-electron chi connectivity index (χ4n) is 4.23. The van der Waals surface area contributed by atoms with Gasteiger partial charge in [0.2, 0.25) is 5.91 Å². The van der Waals surface area contributed by atoms with Gasteiger partial charge in [-0.05, 0) is 30.7 Å². The number of nitriles is 1. The van der Waals surface area contributed by atoms with Crippen LogP contribution in [-0.2, 0) is 19.4 Å². The van der Waals surface area contributed by atoms with Crippen molar-refractivity contribution in [1.82, 2.24) is 10.2 Å². The van der Waals surface area contributed by atoms with Gasteiger partial charge >= 0.3 is 6.09 Å². The average molecular weight is 474 g/mol. The van der Waals surface area contributed by atoms with Gasteiger partial charge in [-0.25, -0.2) is 13.2 Å². The zero-order valence-electron chi connectivity index (χ0n) is 18.1. The van der Waals surface area contributed by atoms with Crippen molar-refractivity contribution < 1.29 is 27.9 Å². The van der Waals surface area contributed by atoms with Gasteiger partial charge in [0.1, 0.15) is 6.54 Å². The Labute approximate surface area is 192 Å². The number of rotatable bonds is 4. The van der Waals surface area contributed by atoms with Gasteiger partial charge in [-0.2, -0.15) is 5.26 Å². The second kappa shape index (κ2) is 11.1. The number of nitrogens with zero attached hydrogens (tertiary/aromatic N) is 2. The molecule has 1 aliphatic heterocycles. The number of carboxylic acid groups (broad SMARTS) is 1. The van der Waals surface area contributed by atoms with Crippen molar-refractivity contribution in [2.24, 2.45) is 5.92 Å². The number of benzene rings is 2. The summed E-state index contributed by atoms with van der Waals surface area (Å²) in [5.41, 5.74) is 0. The van der Waals surface area contributed by atoms with Gasteiger partial charge in [0.25, 0.3) is 0 Å². The largest absolute Gasteiger partial charge is 0.465 e. The molecule has 1 saturated heterocycles. The van der Waals surface area contributed by atoms with E-state index in [1.165, 1.54) is 0 Å². The van der Waals surface area contributed by atoms with Crippen LogP contribution in [0.15, 0.2) is 47.4 Å². The molecule has 1 aliphatic carbocycles. The highest BCUT2D eigenvalue weighted by Crippen LogP contribution is 2.37. The van der Waals surface area contributed by atoms with Crippen LogP contribution in [0.3, 0.4) is 0 Å². The van der Waals surface area contributed by atoms with Crippen LogP contribution in [0.25, 0.3) is 10.8 Å². The van der Waals surface area contributed by atoms with E-state index in [4.69, 9.17) is 15.1 Å². The lowest BCUT2D eigenvalue weighted by molar-refractivity contribution is -0.139. The molecule has 0 radical (unpaired) electrons. The predicted molar refractivity (Wildman–Crippen MR) is 121 cm³/mol. The number of sulfone groups is 1. The topological polar surface area (TPSA) is 137 Å². The number of fused-ring (bicyclic) bond motifs is 1. The number of nitrogens with one attached hydrogen (secondary N) is 1. The Morgan fingerprint density at radius 1 is 1.12 bits per heavy atom. The van der Waals surface area contributed by atoms with Crippen molar-refractivity contribution in [3.8, 4) is 6.07 Å². The van der Waals surface area contributed by atoms with Crippen LogP contribution < -0.4 is 5.32 Å². The maximum atomic E-state index is 13.2. The summed E-state index contributed by atoms with van der Waals surface area (Å²) in [5.74, 6) is -0.105. The number of morpholine rings is 1. The molecule has 2 amide bonds. The highest BCUT2D eigenvalue weighted by Gasteiger charge is 2.40. The van der Waals surface area contributed by atoms with Gasteiger partial charge in [-0.3, -0.25) is 4.79 Å². The summed E-state index contributed by atoms with van der Waals surface area (Å²) in [7, 11) is -3.46. The second-order valence-electron chi connectivity index (χ2n) is 7.91. The molecule has 2 aromatic carbocycles. The van der Waals surface area contributed by atoms with Crippen molar-refractivity contribution in [1.29, 1.82) is 5.26 Å². The van der Waals surface area contributed by atoms with E-state index < -0.39 is 21.2 Å². The van der Waals surface area contributed by atoms with E-state index >= 15 is 0 Å². The maximum Gasteiger partial charge on any atom is 0.405 e. The first-order valence-corrected chi connectivity index (χ1v) is 12.3. The summed E-state index contributed by atoms with van der Waals surface area (Å²) < 4.78 is 31.8. The third-order valence-electron chi connectivity index (χ3n) is 5.87. The van der Waals surface area contributed by atoms with Crippen molar-refractivity contribution in [3.05, 3.63) is 42.5 Å². The minimum Gasteiger partial charge on any atom is -0.465 e. The van der Waals surface area contributed by atoms with Crippen molar-refractivity contribution >= 4 is 32.6 Å². The van der Waals surface area contributed by atoms with E-state index in [-0.39, 0.29) is 18.4 Å².